The molecule has 6 nitrogen and oxygen atoms in total. The van der Waals surface area contributed by atoms with E-state index in [0.29, 0.717) is 6.61 Å². The van der Waals surface area contributed by atoms with Crippen molar-refractivity contribution < 1.29 is 14.3 Å². The van der Waals surface area contributed by atoms with Gasteiger partial charge in [0, 0.05) is 0 Å². The maximum Gasteiger partial charge on any atom is 0.329 e. The topological polar surface area (TPSA) is 79.8 Å². The summed E-state index contributed by atoms with van der Waals surface area (Å²) < 4.78 is 6.21. The number of nitrogens with zero attached hydrogens (tertiary/aromatic N) is 1. The summed E-state index contributed by atoms with van der Waals surface area (Å²) in [5, 5.41) is 6.44. The molecule has 2 N–H and O–H groups in total. The van der Waals surface area contributed by atoms with E-state index in [0.717, 1.165) is 21.3 Å². The first-order valence-electron chi connectivity index (χ1n) is 8.12. The van der Waals surface area contributed by atoms with Gasteiger partial charge in [-0.3, -0.25) is 9.59 Å². The third-order valence-corrected chi connectivity index (χ3v) is 4.11. The smallest absolute Gasteiger partial charge is 0.329 e. The first-order valence-corrected chi connectivity index (χ1v) is 8.91. The highest BCUT2D eigenvalue weighted by atomic mass is 79.9. The molecule has 0 aliphatic carbocycles. The van der Waals surface area contributed by atoms with Crippen LogP contribution in [0.5, 0.6) is 5.75 Å². The fourth-order valence-corrected chi connectivity index (χ4v) is 2.68. The van der Waals surface area contributed by atoms with Crippen LogP contribution >= 0.6 is 15.9 Å². The Morgan fingerprint density at radius 1 is 1.19 bits per heavy atom. The van der Waals surface area contributed by atoms with Gasteiger partial charge >= 0.3 is 11.8 Å². The number of benzene rings is 2. The summed E-state index contributed by atoms with van der Waals surface area (Å²) in [7, 11) is 0. The molecule has 1 atom stereocenters. The zero-order valence-electron chi connectivity index (χ0n) is 14.5. The third-order valence-electron chi connectivity index (χ3n) is 3.49. The van der Waals surface area contributed by atoms with Crippen LogP contribution in [0.15, 0.2) is 58.1 Å². The summed E-state index contributed by atoms with van der Waals surface area (Å²) in [6.45, 7) is 4.28. The minimum absolute atomic E-state index is 0.277. The fraction of sp³-hybridized carbons (Fsp3) is 0.211. The zero-order valence-corrected chi connectivity index (χ0v) is 16.1. The summed E-state index contributed by atoms with van der Waals surface area (Å²) in [6, 6.07) is 14.5. The summed E-state index contributed by atoms with van der Waals surface area (Å²) in [5.41, 5.74) is 3.88. The van der Waals surface area contributed by atoms with Gasteiger partial charge < -0.3 is 10.1 Å². The van der Waals surface area contributed by atoms with Gasteiger partial charge in [0.25, 0.3) is 0 Å². The van der Waals surface area contributed by atoms with E-state index < -0.39 is 11.8 Å². The molecule has 0 radical (unpaired) electrons. The van der Waals surface area contributed by atoms with Crippen LogP contribution in [0.3, 0.4) is 0 Å². The lowest BCUT2D eigenvalue weighted by Crippen LogP contribution is -2.39. The summed E-state index contributed by atoms with van der Waals surface area (Å²) in [5.74, 6) is -0.844. The molecule has 2 rings (SSSR count). The molecule has 2 amide bonds. The fourth-order valence-electron chi connectivity index (χ4n) is 2.17. The first kappa shape index (κ1) is 19.7. The molecule has 0 saturated carbocycles. The largest absolute Gasteiger partial charge is 0.493 e. The minimum Gasteiger partial charge on any atom is -0.493 e. The second-order valence-electron chi connectivity index (χ2n) is 5.43. The van der Waals surface area contributed by atoms with Gasteiger partial charge in [0.15, 0.2) is 0 Å². The lowest BCUT2D eigenvalue weighted by Gasteiger charge is -2.13. The van der Waals surface area contributed by atoms with E-state index in [1.54, 1.807) is 25.1 Å². The molecule has 2 aromatic carbocycles. The van der Waals surface area contributed by atoms with Crippen LogP contribution < -0.4 is 15.5 Å². The molecule has 0 fully saturated rings. The Hall–Kier alpha value is -2.67. The molecule has 0 aliphatic rings. The number of hydrazone groups is 1. The van der Waals surface area contributed by atoms with E-state index in [4.69, 9.17) is 4.74 Å². The number of nitrogens with one attached hydrogen (secondary N) is 2. The van der Waals surface area contributed by atoms with E-state index in [2.05, 4.69) is 31.8 Å². The molecular weight excluding hydrogens is 398 g/mol. The summed E-state index contributed by atoms with van der Waals surface area (Å²) >= 11 is 3.40. The van der Waals surface area contributed by atoms with Gasteiger partial charge in [-0.1, -0.05) is 30.3 Å². The van der Waals surface area contributed by atoms with Crippen LogP contribution in [0.2, 0.25) is 0 Å². The van der Waals surface area contributed by atoms with Crippen LogP contribution in [0.4, 0.5) is 0 Å². The van der Waals surface area contributed by atoms with Crippen molar-refractivity contribution in [3.63, 3.8) is 0 Å². The predicted octanol–water partition coefficient (Wildman–Crippen LogP) is 3.18. The number of carbonyl (C=O) groups excluding carboxylic acids is 2. The second kappa shape index (κ2) is 9.72. The molecule has 7 heteroatoms. The molecule has 26 heavy (non-hydrogen) atoms. The lowest BCUT2D eigenvalue weighted by atomic mass is 10.1. The van der Waals surface area contributed by atoms with Crippen molar-refractivity contribution in [3.8, 4) is 5.75 Å². The van der Waals surface area contributed by atoms with Gasteiger partial charge in [0.2, 0.25) is 0 Å². The third kappa shape index (κ3) is 5.70. The molecule has 136 valence electrons. The van der Waals surface area contributed by atoms with Gasteiger partial charge in [-0.25, -0.2) is 5.43 Å². The Morgan fingerprint density at radius 2 is 1.92 bits per heavy atom. The number of hydrogen-bond donors (Lipinski definition) is 2. The lowest BCUT2D eigenvalue weighted by molar-refractivity contribution is -0.139. The average Bonchev–Trinajstić information content (AvgIpc) is 2.64. The van der Waals surface area contributed by atoms with E-state index in [1.807, 2.05) is 37.3 Å². The van der Waals surface area contributed by atoms with Crippen molar-refractivity contribution >= 4 is 34.0 Å². The number of ether oxygens (including phenoxy) is 1. The zero-order chi connectivity index (χ0) is 18.9. The number of halogens is 1. The van der Waals surface area contributed by atoms with E-state index >= 15 is 0 Å². The van der Waals surface area contributed by atoms with Gasteiger partial charge in [0.1, 0.15) is 5.75 Å². The van der Waals surface area contributed by atoms with Crippen molar-refractivity contribution in [1.29, 1.82) is 0 Å². The van der Waals surface area contributed by atoms with Crippen molar-refractivity contribution in [3.05, 3.63) is 64.1 Å². The normalized spacial score (nSPS) is 11.8. The molecule has 0 aromatic heterocycles. The second-order valence-corrected chi connectivity index (χ2v) is 6.28. The monoisotopic (exact) mass is 417 g/mol. The Bertz CT molecular complexity index is 794. The molecular formula is C19H20BrN3O3. The molecule has 0 aliphatic heterocycles. The SMILES string of the molecule is CCOc1ccc(/C=N\NC(=O)C(=O)N[C@@H](C)c2ccccc2)cc1Br. The Labute approximate surface area is 160 Å². The highest BCUT2D eigenvalue weighted by molar-refractivity contribution is 9.10. The molecule has 0 heterocycles. The predicted molar refractivity (Wildman–Crippen MR) is 104 cm³/mol. The van der Waals surface area contributed by atoms with E-state index in [-0.39, 0.29) is 6.04 Å². The van der Waals surface area contributed by atoms with Gasteiger partial charge in [-0.05, 0) is 59.1 Å². The Morgan fingerprint density at radius 3 is 2.58 bits per heavy atom. The van der Waals surface area contributed by atoms with Gasteiger partial charge in [-0.2, -0.15) is 5.10 Å². The highest BCUT2D eigenvalue weighted by Gasteiger charge is 2.16. The van der Waals surface area contributed by atoms with Crippen LogP contribution in [-0.2, 0) is 9.59 Å². The van der Waals surface area contributed by atoms with Crippen LogP contribution in [0.25, 0.3) is 0 Å². The molecule has 0 spiro atoms. The Kier molecular flexibility index (Phi) is 7.35. The maximum absolute atomic E-state index is 11.9. The quantitative estimate of drug-likeness (QED) is 0.430. The van der Waals surface area contributed by atoms with Gasteiger partial charge in [0.05, 0.1) is 23.3 Å². The molecule has 0 bridgehead atoms. The highest BCUT2D eigenvalue weighted by Crippen LogP contribution is 2.25. The number of hydrogen-bond acceptors (Lipinski definition) is 4. The first-order chi connectivity index (χ1) is 12.5. The van der Waals surface area contributed by atoms with Crippen molar-refractivity contribution in [2.24, 2.45) is 5.10 Å². The van der Waals surface area contributed by atoms with Crippen LogP contribution in [0.1, 0.15) is 31.0 Å². The summed E-state index contributed by atoms with van der Waals surface area (Å²) in [4.78, 5) is 23.8. The molecule has 2 aromatic rings. The van der Waals surface area contributed by atoms with E-state index in [9.17, 15) is 9.59 Å². The Balaban J connectivity index is 1.88. The van der Waals surface area contributed by atoms with Crippen molar-refractivity contribution in [2.75, 3.05) is 6.61 Å². The maximum atomic E-state index is 11.9. The van der Waals surface area contributed by atoms with Crippen LogP contribution in [0, 0.1) is 0 Å². The number of rotatable bonds is 6. The summed E-state index contributed by atoms with van der Waals surface area (Å²) in [6.07, 6.45) is 1.45. The van der Waals surface area contributed by atoms with Crippen LogP contribution in [-0.4, -0.2) is 24.6 Å². The molecule has 0 unspecified atom stereocenters. The standard InChI is InChI=1S/C19H20BrN3O3/c1-3-26-17-10-9-14(11-16(17)20)12-21-23-19(25)18(24)22-13(2)15-7-5-4-6-8-15/h4-13H,3H2,1-2H3,(H,22,24)(H,23,25)/b21-12-/t13-/m0/s1. The van der Waals surface area contributed by atoms with Gasteiger partial charge in [-0.15, -0.1) is 0 Å². The number of amides is 2. The van der Waals surface area contributed by atoms with Crippen molar-refractivity contribution in [2.45, 2.75) is 19.9 Å². The average molecular weight is 418 g/mol. The van der Waals surface area contributed by atoms with E-state index in [1.165, 1.54) is 6.21 Å². The van der Waals surface area contributed by atoms with Crippen molar-refractivity contribution in [1.82, 2.24) is 10.7 Å². The minimum atomic E-state index is -0.825. The molecule has 0 saturated heterocycles. The number of carbonyl (C=O) groups is 2.